The zero-order valence-corrected chi connectivity index (χ0v) is 26.5. The highest BCUT2D eigenvalue weighted by molar-refractivity contribution is 6.09. The number of fused-ring (bicyclic) bond motifs is 1. The number of aryl methyl sites for hydroxylation is 2. The number of carbonyl (C=O) groups is 3. The summed E-state index contributed by atoms with van der Waals surface area (Å²) in [5, 5.41) is 10.7. The number of Topliss-reactive ketones (excluding diaryl/α,β-unsaturated/α-hetero) is 1. The zero-order chi connectivity index (χ0) is 31.7. The molecular formula is C36H41N5O4. The van der Waals surface area contributed by atoms with E-state index in [0.717, 1.165) is 42.6 Å². The smallest absolute Gasteiger partial charge is 0.324 e. The summed E-state index contributed by atoms with van der Waals surface area (Å²) in [5.74, 6) is 1.63. The van der Waals surface area contributed by atoms with Crippen molar-refractivity contribution < 1.29 is 18.8 Å². The Balaban J connectivity index is 1.03. The van der Waals surface area contributed by atoms with Gasteiger partial charge in [0.25, 0.3) is 5.91 Å². The van der Waals surface area contributed by atoms with E-state index in [2.05, 4.69) is 31.4 Å². The lowest BCUT2D eigenvalue weighted by atomic mass is 9.89. The topological polar surface area (TPSA) is 109 Å². The van der Waals surface area contributed by atoms with E-state index in [4.69, 9.17) is 9.52 Å². The highest BCUT2D eigenvalue weighted by Gasteiger charge is 2.32. The largest absolute Gasteiger partial charge is 0.468 e. The van der Waals surface area contributed by atoms with Gasteiger partial charge in [-0.15, -0.1) is 0 Å². The number of urea groups is 1. The number of hydrogen-bond donors (Lipinski definition) is 2. The van der Waals surface area contributed by atoms with E-state index in [1.54, 1.807) is 4.68 Å². The van der Waals surface area contributed by atoms with Crippen LogP contribution in [0.4, 0.5) is 16.3 Å². The summed E-state index contributed by atoms with van der Waals surface area (Å²) in [6.45, 7) is 9.65. The predicted octanol–water partition coefficient (Wildman–Crippen LogP) is 7.33. The molecule has 234 valence electrons. The van der Waals surface area contributed by atoms with Crippen LogP contribution in [0.5, 0.6) is 0 Å². The van der Waals surface area contributed by atoms with E-state index >= 15 is 0 Å². The quantitative estimate of drug-likeness (QED) is 0.239. The summed E-state index contributed by atoms with van der Waals surface area (Å²) in [7, 11) is 0. The van der Waals surface area contributed by atoms with Crippen molar-refractivity contribution in [1.29, 1.82) is 0 Å². The first kappa shape index (κ1) is 30.4. The molecule has 1 aliphatic heterocycles. The summed E-state index contributed by atoms with van der Waals surface area (Å²) in [6, 6.07) is 17.6. The number of nitrogens with zero attached hydrogens (tertiary/aromatic N) is 3. The van der Waals surface area contributed by atoms with Gasteiger partial charge in [-0.2, -0.15) is 5.10 Å². The minimum atomic E-state index is -0.339. The number of hydrogen-bond acceptors (Lipinski definition) is 5. The first-order valence-electron chi connectivity index (χ1n) is 15.8. The average molecular weight is 608 g/mol. The Morgan fingerprint density at radius 1 is 0.978 bits per heavy atom. The second kappa shape index (κ2) is 12.4. The molecular weight excluding hydrogens is 566 g/mol. The first-order valence-corrected chi connectivity index (χ1v) is 15.8. The maximum absolute atomic E-state index is 13.2. The van der Waals surface area contributed by atoms with Crippen LogP contribution >= 0.6 is 0 Å². The molecule has 3 heterocycles. The lowest BCUT2D eigenvalue weighted by Gasteiger charge is -2.32. The van der Waals surface area contributed by atoms with Crippen LogP contribution in [0, 0.1) is 12.8 Å². The Morgan fingerprint density at radius 2 is 1.69 bits per heavy atom. The summed E-state index contributed by atoms with van der Waals surface area (Å²) in [4.78, 5) is 40.5. The zero-order valence-electron chi connectivity index (χ0n) is 26.5. The third-order valence-corrected chi connectivity index (χ3v) is 8.82. The summed E-state index contributed by atoms with van der Waals surface area (Å²) < 4.78 is 7.34. The Bertz CT molecular complexity index is 1700. The van der Waals surface area contributed by atoms with E-state index < -0.39 is 0 Å². The molecule has 2 aromatic heterocycles. The van der Waals surface area contributed by atoms with Crippen molar-refractivity contribution >= 4 is 29.2 Å². The second-order valence-electron chi connectivity index (χ2n) is 13.4. The Kier molecular flexibility index (Phi) is 8.36. The summed E-state index contributed by atoms with van der Waals surface area (Å²) in [6.07, 6.45) is 6.14. The van der Waals surface area contributed by atoms with Crippen molar-refractivity contribution in [2.75, 3.05) is 23.7 Å². The van der Waals surface area contributed by atoms with Crippen LogP contribution in [-0.2, 0) is 18.3 Å². The van der Waals surface area contributed by atoms with Crippen molar-refractivity contribution in [2.24, 2.45) is 5.92 Å². The Labute approximate surface area is 264 Å². The standard InChI is InChI=1S/C36H41N5O4/c1-23-8-14-27(15-9-23)41-32(21-31(39-41)36(2,3)4)38-35(44)37-26-12-10-24(11-13-26)20-25-16-18-40(19-17-25)34(43)28-22-45-30-7-5-6-29(42)33(28)30/h8-15,21-22,25H,5-7,16-20H2,1-4H3,(H2,37,38,44). The molecule has 0 saturated carbocycles. The van der Waals surface area contributed by atoms with Crippen molar-refractivity contribution in [3.05, 3.63) is 94.6 Å². The Hall–Kier alpha value is -4.66. The van der Waals surface area contributed by atoms with E-state index in [-0.39, 0.29) is 23.1 Å². The molecule has 6 rings (SSSR count). The van der Waals surface area contributed by atoms with Crippen LogP contribution in [0.3, 0.4) is 0 Å². The van der Waals surface area contributed by atoms with Gasteiger partial charge in [-0.1, -0.05) is 50.6 Å². The Morgan fingerprint density at radius 3 is 2.38 bits per heavy atom. The maximum Gasteiger partial charge on any atom is 0.324 e. The number of ketones is 1. The number of nitrogens with one attached hydrogen (secondary N) is 2. The molecule has 0 spiro atoms. The lowest BCUT2D eigenvalue weighted by molar-refractivity contribution is 0.0685. The third-order valence-electron chi connectivity index (χ3n) is 8.82. The third kappa shape index (κ3) is 6.72. The predicted molar refractivity (Wildman–Crippen MR) is 174 cm³/mol. The van der Waals surface area contributed by atoms with E-state index in [9.17, 15) is 14.4 Å². The number of likely N-dealkylation sites (tertiary alicyclic amines) is 1. The van der Waals surface area contributed by atoms with Gasteiger partial charge in [-0.25, -0.2) is 9.48 Å². The van der Waals surface area contributed by atoms with Crippen LogP contribution < -0.4 is 10.6 Å². The molecule has 1 aliphatic carbocycles. The fourth-order valence-corrected chi connectivity index (χ4v) is 6.15. The van der Waals surface area contributed by atoms with Crippen LogP contribution in [0.15, 0.2) is 65.3 Å². The van der Waals surface area contributed by atoms with Gasteiger partial charge < -0.3 is 14.6 Å². The van der Waals surface area contributed by atoms with Crippen molar-refractivity contribution in [2.45, 2.75) is 71.6 Å². The monoisotopic (exact) mass is 607 g/mol. The van der Waals surface area contributed by atoms with Gasteiger partial charge in [0.2, 0.25) is 0 Å². The molecule has 45 heavy (non-hydrogen) atoms. The maximum atomic E-state index is 13.2. The van der Waals surface area contributed by atoms with Crippen molar-refractivity contribution in [3.8, 4) is 5.69 Å². The molecule has 9 nitrogen and oxygen atoms in total. The van der Waals surface area contributed by atoms with Gasteiger partial charge in [-0.3, -0.25) is 14.9 Å². The fraction of sp³-hybridized carbons (Fsp3) is 0.389. The van der Waals surface area contributed by atoms with Crippen LogP contribution in [0.25, 0.3) is 5.69 Å². The normalized spacial score (nSPS) is 15.6. The second-order valence-corrected chi connectivity index (χ2v) is 13.4. The molecule has 0 unspecified atom stereocenters. The highest BCUT2D eigenvalue weighted by Crippen LogP contribution is 2.30. The van der Waals surface area contributed by atoms with Crippen LogP contribution in [-0.4, -0.2) is 45.5 Å². The van der Waals surface area contributed by atoms with Gasteiger partial charge in [0, 0.05) is 43.1 Å². The molecule has 2 N–H and O–H groups in total. The molecule has 2 aromatic carbocycles. The molecule has 9 heteroatoms. The van der Waals surface area contributed by atoms with Crippen LogP contribution in [0.2, 0.25) is 0 Å². The molecule has 0 radical (unpaired) electrons. The van der Waals surface area contributed by atoms with Gasteiger partial charge >= 0.3 is 6.03 Å². The van der Waals surface area contributed by atoms with Gasteiger partial charge in [0.05, 0.1) is 22.5 Å². The number of benzene rings is 2. The SMILES string of the molecule is Cc1ccc(-n2nc(C(C)(C)C)cc2NC(=O)Nc2ccc(CC3CCN(C(=O)c4coc5c4C(=O)CCC5)CC3)cc2)cc1. The average Bonchev–Trinajstić information content (AvgIpc) is 3.64. The number of aromatic nitrogens is 2. The van der Waals surface area contributed by atoms with E-state index in [0.29, 0.717) is 60.2 Å². The molecule has 0 bridgehead atoms. The number of anilines is 2. The molecule has 0 atom stereocenters. The highest BCUT2D eigenvalue weighted by atomic mass is 16.3. The van der Waals surface area contributed by atoms with E-state index in [1.807, 2.05) is 66.4 Å². The van der Waals surface area contributed by atoms with Crippen LogP contribution in [0.1, 0.15) is 89.8 Å². The molecule has 1 fully saturated rings. The summed E-state index contributed by atoms with van der Waals surface area (Å²) in [5.41, 5.74) is 5.55. The minimum Gasteiger partial charge on any atom is -0.468 e. The molecule has 3 amide bonds. The van der Waals surface area contributed by atoms with Gasteiger partial charge in [0.15, 0.2) is 5.78 Å². The number of furan rings is 1. The number of rotatable bonds is 6. The number of carbonyl (C=O) groups excluding carboxylic acids is 3. The van der Waals surface area contributed by atoms with E-state index in [1.165, 1.54) is 11.8 Å². The molecule has 2 aliphatic rings. The lowest BCUT2D eigenvalue weighted by Crippen LogP contribution is -2.39. The van der Waals surface area contributed by atoms with Gasteiger partial charge in [0.1, 0.15) is 17.8 Å². The molecule has 4 aromatic rings. The number of amides is 3. The van der Waals surface area contributed by atoms with Crippen molar-refractivity contribution in [1.82, 2.24) is 14.7 Å². The summed E-state index contributed by atoms with van der Waals surface area (Å²) >= 11 is 0. The minimum absolute atomic E-state index is 0.0159. The van der Waals surface area contributed by atoms with Gasteiger partial charge in [-0.05, 0) is 68.4 Å². The fourth-order valence-electron chi connectivity index (χ4n) is 6.15. The first-order chi connectivity index (χ1) is 21.5. The molecule has 1 saturated heterocycles. The van der Waals surface area contributed by atoms with Crippen molar-refractivity contribution in [3.63, 3.8) is 0 Å². The number of piperidine rings is 1.